The summed E-state index contributed by atoms with van der Waals surface area (Å²) in [7, 11) is -3.89. The van der Waals surface area contributed by atoms with Crippen molar-refractivity contribution in [3.05, 3.63) is 65.7 Å². The Hall–Kier alpha value is -1.81. The minimum absolute atomic E-state index is 0.116. The molecule has 2 aliphatic rings. The number of rotatable bonds is 7. The van der Waals surface area contributed by atoms with E-state index < -0.39 is 34.4 Å². The summed E-state index contributed by atoms with van der Waals surface area (Å²) in [6, 6.07) is 16.3. The van der Waals surface area contributed by atoms with Crippen molar-refractivity contribution in [1.29, 1.82) is 0 Å². The van der Waals surface area contributed by atoms with Crippen molar-refractivity contribution in [3.63, 3.8) is 0 Å². The summed E-state index contributed by atoms with van der Waals surface area (Å²) in [5.41, 5.74) is 1.97. The highest BCUT2D eigenvalue weighted by molar-refractivity contribution is 7.86. The molecule has 0 aliphatic carbocycles. The molecule has 0 N–H and O–H groups in total. The Morgan fingerprint density at radius 3 is 2.45 bits per heavy atom. The fraction of sp³-hybridized carbons (Fsp3) is 0.478. The molecule has 168 valence electrons. The van der Waals surface area contributed by atoms with E-state index in [0.717, 1.165) is 11.1 Å². The van der Waals surface area contributed by atoms with E-state index in [1.165, 1.54) is 12.1 Å². The van der Waals surface area contributed by atoms with E-state index in [1.54, 1.807) is 12.1 Å². The Bertz CT molecular complexity index is 973. The molecule has 0 spiro atoms. The second-order valence-electron chi connectivity index (χ2n) is 8.35. The minimum atomic E-state index is -3.89. The Morgan fingerprint density at radius 2 is 1.74 bits per heavy atom. The number of aryl methyl sites for hydroxylation is 1. The molecule has 0 saturated carbocycles. The summed E-state index contributed by atoms with van der Waals surface area (Å²) in [6.45, 7) is 5.78. The summed E-state index contributed by atoms with van der Waals surface area (Å²) in [6.07, 6.45) is -1.44. The molecule has 4 atom stereocenters. The Morgan fingerprint density at radius 1 is 1.03 bits per heavy atom. The molecule has 2 aromatic carbocycles. The highest BCUT2D eigenvalue weighted by atomic mass is 32.2. The molecule has 0 unspecified atom stereocenters. The van der Waals surface area contributed by atoms with Gasteiger partial charge in [-0.15, -0.1) is 0 Å². The maximum Gasteiger partial charge on any atom is 0.297 e. The van der Waals surface area contributed by atoms with Crippen LogP contribution in [0.15, 0.2) is 59.5 Å². The van der Waals surface area contributed by atoms with Crippen LogP contribution in [-0.2, 0) is 39.9 Å². The highest BCUT2D eigenvalue weighted by Gasteiger charge is 2.51. The molecule has 2 saturated heterocycles. The highest BCUT2D eigenvalue weighted by Crippen LogP contribution is 2.38. The van der Waals surface area contributed by atoms with Gasteiger partial charge in [0.15, 0.2) is 12.1 Å². The number of hydrogen-bond acceptors (Lipinski definition) is 7. The Balaban J connectivity index is 1.42. The lowest BCUT2D eigenvalue weighted by molar-refractivity contribution is -0.258. The lowest BCUT2D eigenvalue weighted by atomic mass is 10.0. The molecule has 4 rings (SSSR count). The normalized spacial score (nSPS) is 27.7. The smallest absolute Gasteiger partial charge is 0.297 e. The van der Waals surface area contributed by atoms with Gasteiger partial charge in [0.1, 0.15) is 6.10 Å². The zero-order valence-corrected chi connectivity index (χ0v) is 18.7. The molecule has 31 heavy (non-hydrogen) atoms. The van der Waals surface area contributed by atoms with Gasteiger partial charge in [0, 0.05) is 6.42 Å². The van der Waals surface area contributed by atoms with E-state index in [0.29, 0.717) is 13.0 Å². The third-order valence-electron chi connectivity index (χ3n) is 5.29. The van der Waals surface area contributed by atoms with Gasteiger partial charge in [0.25, 0.3) is 10.1 Å². The van der Waals surface area contributed by atoms with E-state index in [1.807, 2.05) is 51.1 Å². The van der Waals surface area contributed by atoms with E-state index in [4.69, 9.17) is 23.1 Å². The first-order valence-electron chi connectivity index (χ1n) is 10.3. The zero-order chi connectivity index (χ0) is 22.1. The van der Waals surface area contributed by atoms with Crippen LogP contribution in [0.4, 0.5) is 0 Å². The predicted octanol–water partition coefficient (Wildman–Crippen LogP) is 3.55. The maximum atomic E-state index is 12.5. The van der Waals surface area contributed by atoms with Crippen LogP contribution in [0.25, 0.3) is 0 Å². The van der Waals surface area contributed by atoms with Gasteiger partial charge in [-0.2, -0.15) is 8.42 Å². The first kappa shape index (κ1) is 22.4. The molecule has 2 fully saturated rings. The fourth-order valence-corrected chi connectivity index (χ4v) is 4.73. The second-order valence-corrected chi connectivity index (χ2v) is 9.96. The summed E-state index contributed by atoms with van der Waals surface area (Å²) in [5.74, 6) is -0.767. The predicted molar refractivity (Wildman–Crippen MR) is 113 cm³/mol. The van der Waals surface area contributed by atoms with E-state index in [9.17, 15) is 8.42 Å². The standard InChI is InChI=1S/C23H28O7S/c1-16-9-11-19(12-10-16)31(24,25)27-15-18-13-20-21(30-23(2,3)29-20)22(28-18)26-14-17-7-5-4-6-8-17/h4-12,18,20-22H,13-15H2,1-3H3/t18-,20-,21-,22-/m0/s1. The van der Waals surface area contributed by atoms with Crippen LogP contribution in [0.3, 0.4) is 0 Å². The summed E-state index contributed by atoms with van der Waals surface area (Å²) < 4.78 is 54.4. The largest absolute Gasteiger partial charge is 0.345 e. The Kier molecular flexibility index (Phi) is 6.48. The van der Waals surface area contributed by atoms with Crippen molar-refractivity contribution >= 4 is 10.1 Å². The zero-order valence-electron chi connectivity index (χ0n) is 17.9. The SMILES string of the molecule is Cc1ccc(S(=O)(=O)OC[C@@H]2C[C@@H]3OC(C)(C)O[C@@H]3[C@@H](OCc3ccccc3)O2)cc1. The molecular weight excluding hydrogens is 420 g/mol. The van der Waals surface area contributed by atoms with Gasteiger partial charge < -0.3 is 18.9 Å². The van der Waals surface area contributed by atoms with Crippen LogP contribution in [0, 0.1) is 6.92 Å². The van der Waals surface area contributed by atoms with Crippen molar-refractivity contribution in [2.75, 3.05) is 6.61 Å². The number of benzene rings is 2. The second kappa shape index (κ2) is 8.97. The van der Waals surface area contributed by atoms with Crippen LogP contribution >= 0.6 is 0 Å². The van der Waals surface area contributed by atoms with Crippen LogP contribution < -0.4 is 0 Å². The number of fused-ring (bicyclic) bond motifs is 1. The fourth-order valence-electron chi connectivity index (χ4n) is 3.79. The quantitative estimate of drug-likeness (QED) is 0.599. The van der Waals surface area contributed by atoms with Gasteiger partial charge in [-0.1, -0.05) is 48.0 Å². The van der Waals surface area contributed by atoms with Crippen molar-refractivity contribution in [1.82, 2.24) is 0 Å². The first-order valence-corrected chi connectivity index (χ1v) is 11.8. The third-order valence-corrected chi connectivity index (χ3v) is 6.58. The van der Waals surface area contributed by atoms with E-state index in [2.05, 4.69) is 0 Å². The molecule has 0 radical (unpaired) electrons. The van der Waals surface area contributed by atoms with Gasteiger partial charge in [0.2, 0.25) is 0 Å². The third kappa shape index (κ3) is 5.52. The average Bonchev–Trinajstić information content (AvgIpc) is 3.05. The molecule has 2 aromatic rings. The van der Waals surface area contributed by atoms with Crippen molar-refractivity contribution in [3.8, 4) is 0 Å². The number of hydrogen-bond donors (Lipinski definition) is 0. The van der Waals surface area contributed by atoms with Crippen LogP contribution in [0.2, 0.25) is 0 Å². The summed E-state index contributed by atoms with van der Waals surface area (Å²) in [5, 5.41) is 0. The van der Waals surface area contributed by atoms with Gasteiger partial charge in [-0.05, 0) is 38.5 Å². The molecule has 7 nitrogen and oxygen atoms in total. The molecule has 0 bridgehead atoms. The maximum absolute atomic E-state index is 12.5. The van der Waals surface area contributed by atoms with Gasteiger partial charge >= 0.3 is 0 Å². The average molecular weight is 449 g/mol. The molecule has 2 heterocycles. The molecule has 2 aliphatic heterocycles. The first-order chi connectivity index (χ1) is 14.7. The minimum Gasteiger partial charge on any atom is -0.345 e. The summed E-state index contributed by atoms with van der Waals surface area (Å²) in [4.78, 5) is 0.116. The molecule has 0 amide bonds. The number of ether oxygens (including phenoxy) is 4. The Labute approximate surface area is 183 Å². The van der Waals surface area contributed by atoms with Gasteiger partial charge in [0.05, 0.1) is 30.3 Å². The van der Waals surface area contributed by atoms with Crippen LogP contribution in [0.5, 0.6) is 0 Å². The molecular formula is C23H28O7S. The van der Waals surface area contributed by atoms with Crippen molar-refractivity contribution < 1.29 is 31.5 Å². The van der Waals surface area contributed by atoms with Crippen molar-refractivity contribution in [2.45, 2.75) is 69.1 Å². The lowest BCUT2D eigenvalue weighted by Crippen LogP contribution is -2.49. The lowest BCUT2D eigenvalue weighted by Gasteiger charge is -2.36. The molecule has 8 heteroatoms. The van der Waals surface area contributed by atoms with Crippen LogP contribution in [0.1, 0.15) is 31.4 Å². The monoisotopic (exact) mass is 448 g/mol. The topological polar surface area (TPSA) is 80.3 Å². The van der Waals surface area contributed by atoms with E-state index in [-0.39, 0.29) is 17.6 Å². The molecule has 0 aromatic heterocycles. The van der Waals surface area contributed by atoms with Crippen molar-refractivity contribution in [2.24, 2.45) is 0 Å². The van der Waals surface area contributed by atoms with Gasteiger partial charge in [-0.3, -0.25) is 4.18 Å². The summed E-state index contributed by atoms with van der Waals surface area (Å²) >= 11 is 0. The van der Waals surface area contributed by atoms with Crippen LogP contribution in [-0.4, -0.2) is 45.4 Å². The van der Waals surface area contributed by atoms with E-state index >= 15 is 0 Å². The van der Waals surface area contributed by atoms with Gasteiger partial charge in [-0.25, -0.2) is 0 Å².